The average Bonchev–Trinajstić information content (AvgIpc) is 2.48. The fraction of sp³-hybridized carbons (Fsp3) is 0.235. The first-order valence-electron chi connectivity index (χ1n) is 7.09. The van der Waals surface area contributed by atoms with Gasteiger partial charge in [-0.3, -0.25) is 4.31 Å². The standard InChI is InChI=1S/C17H17ClN2O2S/c1-13-4-7-16(8-5-13)20(11-3-10-19)23(21,22)17-9-6-15(18)12-14(17)2/h4-9,12H,3,11H2,1-2H3. The van der Waals surface area contributed by atoms with E-state index in [-0.39, 0.29) is 17.9 Å². The third kappa shape index (κ3) is 3.84. The molecule has 2 aromatic rings. The minimum absolute atomic E-state index is 0.101. The number of rotatable bonds is 5. The predicted octanol–water partition coefficient (Wildman–Crippen LogP) is 4.07. The van der Waals surface area contributed by atoms with Gasteiger partial charge in [0.15, 0.2) is 0 Å². The highest BCUT2D eigenvalue weighted by Gasteiger charge is 2.26. The van der Waals surface area contributed by atoms with E-state index in [0.29, 0.717) is 16.3 Å². The zero-order valence-corrected chi connectivity index (χ0v) is 14.5. The lowest BCUT2D eigenvalue weighted by molar-refractivity contribution is 0.590. The molecule has 2 aromatic carbocycles. The van der Waals surface area contributed by atoms with Gasteiger partial charge in [-0.25, -0.2) is 8.42 Å². The Labute approximate surface area is 142 Å². The zero-order chi connectivity index (χ0) is 17.0. The zero-order valence-electron chi connectivity index (χ0n) is 13.0. The van der Waals surface area contributed by atoms with Crippen LogP contribution in [-0.2, 0) is 10.0 Å². The van der Waals surface area contributed by atoms with Crippen LogP contribution in [0.1, 0.15) is 17.5 Å². The van der Waals surface area contributed by atoms with Crippen LogP contribution in [0.25, 0.3) is 0 Å². The topological polar surface area (TPSA) is 61.2 Å². The highest BCUT2D eigenvalue weighted by atomic mass is 35.5. The van der Waals surface area contributed by atoms with Gasteiger partial charge in [-0.2, -0.15) is 5.26 Å². The highest BCUT2D eigenvalue weighted by molar-refractivity contribution is 7.92. The van der Waals surface area contributed by atoms with Gasteiger partial charge in [0.1, 0.15) is 0 Å². The number of nitrogens with zero attached hydrogens (tertiary/aromatic N) is 2. The maximum atomic E-state index is 13.0. The first kappa shape index (κ1) is 17.3. The van der Waals surface area contributed by atoms with Crippen molar-refractivity contribution in [1.29, 1.82) is 5.26 Å². The van der Waals surface area contributed by atoms with Crippen LogP contribution < -0.4 is 4.31 Å². The van der Waals surface area contributed by atoms with E-state index in [9.17, 15) is 8.42 Å². The van der Waals surface area contributed by atoms with Gasteiger partial charge in [-0.05, 0) is 49.7 Å². The molecule has 0 heterocycles. The molecule has 4 nitrogen and oxygen atoms in total. The number of hydrogen-bond donors (Lipinski definition) is 0. The van der Waals surface area contributed by atoms with Gasteiger partial charge in [-0.1, -0.05) is 29.3 Å². The predicted molar refractivity (Wildman–Crippen MR) is 92.1 cm³/mol. The van der Waals surface area contributed by atoms with E-state index in [2.05, 4.69) is 0 Å². The van der Waals surface area contributed by atoms with Crippen molar-refractivity contribution in [3.8, 4) is 6.07 Å². The first-order chi connectivity index (χ1) is 10.9. The van der Waals surface area contributed by atoms with Crippen LogP contribution in [-0.4, -0.2) is 15.0 Å². The van der Waals surface area contributed by atoms with Crippen LogP contribution in [0.2, 0.25) is 5.02 Å². The van der Waals surface area contributed by atoms with Crippen LogP contribution in [0.5, 0.6) is 0 Å². The molecule has 23 heavy (non-hydrogen) atoms. The van der Waals surface area contributed by atoms with Crippen molar-refractivity contribution < 1.29 is 8.42 Å². The summed E-state index contributed by atoms with van der Waals surface area (Å²) < 4.78 is 27.3. The van der Waals surface area contributed by atoms with Gasteiger partial charge in [-0.15, -0.1) is 0 Å². The summed E-state index contributed by atoms with van der Waals surface area (Å²) in [6, 6.07) is 13.9. The summed E-state index contributed by atoms with van der Waals surface area (Å²) in [4.78, 5) is 0.195. The van der Waals surface area contributed by atoms with Crippen molar-refractivity contribution in [3.63, 3.8) is 0 Å². The lowest BCUT2D eigenvalue weighted by Gasteiger charge is -2.24. The van der Waals surface area contributed by atoms with Gasteiger partial charge in [0.05, 0.1) is 23.1 Å². The number of aryl methyl sites for hydroxylation is 2. The minimum Gasteiger partial charge on any atom is -0.265 e. The van der Waals surface area contributed by atoms with Crippen LogP contribution in [0, 0.1) is 25.2 Å². The van der Waals surface area contributed by atoms with E-state index in [1.54, 1.807) is 31.2 Å². The Balaban J connectivity index is 2.53. The second kappa shape index (κ2) is 7.03. The minimum atomic E-state index is -3.76. The Morgan fingerprint density at radius 3 is 2.35 bits per heavy atom. The maximum absolute atomic E-state index is 13.0. The van der Waals surface area contributed by atoms with Crippen LogP contribution in [0.4, 0.5) is 5.69 Å². The Bertz CT molecular complexity index is 840. The fourth-order valence-corrected chi connectivity index (χ4v) is 4.17. The number of sulfonamides is 1. The van der Waals surface area contributed by atoms with Gasteiger partial charge >= 0.3 is 0 Å². The monoisotopic (exact) mass is 348 g/mol. The largest absolute Gasteiger partial charge is 0.265 e. The Morgan fingerprint density at radius 1 is 1.13 bits per heavy atom. The molecule has 6 heteroatoms. The van der Waals surface area contributed by atoms with E-state index >= 15 is 0 Å². The maximum Gasteiger partial charge on any atom is 0.264 e. The number of benzene rings is 2. The van der Waals surface area contributed by atoms with Crippen molar-refractivity contribution in [2.24, 2.45) is 0 Å². The number of nitriles is 1. The van der Waals surface area contributed by atoms with Gasteiger partial charge in [0, 0.05) is 11.6 Å². The molecule has 0 bridgehead atoms. The molecule has 0 radical (unpaired) electrons. The van der Waals surface area contributed by atoms with Gasteiger partial charge < -0.3 is 0 Å². The Morgan fingerprint density at radius 2 is 1.78 bits per heavy atom. The normalized spacial score (nSPS) is 11.0. The third-order valence-electron chi connectivity index (χ3n) is 3.45. The van der Waals surface area contributed by atoms with E-state index < -0.39 is 10.0 Å². The number of halogens is 1. The molecule has 0 aromatic heterocycles. The Hall–Kier alpha value is -2.03. The van der Waals surface area contributed by atoms with Gasteiger partial charge in [0.2, 0.25) is 0 Å². The second-order valence-corrected chi connectivity index (χ2v) is 7.50. The summed E-state index contributed by atoms with van der Waals surface area (Å²) in [7, 11) is -3.76. The molecule has 0 aliphatic rings. The van der Waals surface area contributed by atoms with Crippen LogP contribution >= 0.6 is 11.6 Å². The molecular weight excluding hydrogens is 332 g/mol. The molecular formula is C17H17ClN2O2S. The summed E-state index contributed by atoms with van der Waals surface area (Å²) in [5.74, 6) is 0. The molecule has 0 aliphatic heterocycles. The summed E-state index contributed by atoms with van der Waals surface area (Å²) in [5.41, 5.74) is 2.15. The van der Waals surface area contributed by atoms with Crippen molar-refractivity contribution in [3.05, 3.63) is 58.6 Å². The van der Waals surface area contributed by atoms with Crippen molar-refractivity contribution in [1.82, 2.24) is 0 Å². The molecule has 0 amide bonds. The van der Waals surface area contributed by atoms with E-state index in [1.165, 1.54) is 10.4 Å². The molecule has 120 valence electrons. The molecule has 0 N–H and O–H groups in total. The number of hydrogen-bond acceptors (Lipinski definition) is 3. The molecule has 0 aliphatic carbocycles. The molecule has 2 rings (SSSR count). The van der Waals surface area contributed by atoms with E-state index in [1.807, 2.05) is 25.1 Å². The van der Waals surface area contributed by atoms with Crippen molar-refractivity contribution in [2.75, 3.05) is 10.8 Å². The third-order valence-corrected chi connectivity index (χ3v) is 5.68. The molecule has 0 saturated heterocycles. The van der Waals surface area contributed by atoms with Gasteiger partial charge in [0.25, 0.3) is 10.0 Å². The summed E-state index contributed by atoms with van der Waals surface area (Å²) in [5, 5.41) is 9.33. The van der Waals surface area contributed by atoms with Crippen molar-refractivity contribution >= 4 is 27.3 Å². The SMILES string of the molecule is Cc1ccc(N(CCC#N)S(=O)(=O)c2ccc(Cl)cc2C)cc1. The molecule has 0 saturated carbocycles. The molecule has 0 unspecified atom stereocenters. The second-order valence-electron chi connectivity index (χ2n) is 5.23. The number of anilines is 1. The Kier molecular flexibility index (Phi) is 5.30. The summed E-state index contributed by atoms with van der Waals surface area (Å²) >= 11 is 5.91. The van der Waals surface area contributed by atoms with E-state index in [0.717, 1.165) is 5.56 Å². The summed E-state index contributed by atoms with van der Waals surface area (Å²) in [6.45, 7) is 3.74. The quantitative estimate of drug-likeness (QED) is 0.818. The highest BCUT2D eigenvalue weighted by Crippen LogP contribution is 2.27. The first-order valence-corrected chi connectivity index (χ1v) is 8.90. The van der Waals surface area contributed by atoms with Crippen molar-refractivity contribution in [2.45, 2.75) is 25.2 Å². The van der Waals surface area contributed by atoms with Crippen LogP contribution in [0.3, 0.4) is 0 Å². The van der Waals surface area contributed by atoms with Crippen LogP contribution in [0.15, 0.2) is 47.4 Å². The lowest BCUT2D eigenvalue weighted by Crippen LogP contribution is -2.32. The van der Waals surface area contributed by atoms with E-state index in [4.69, 9.17) is 16.9 Å². The molecule has 0 fully saturated rings. The fourth-order valence-electron chi connectivity index (χ4n) is 2.27. The summed E-state index contributed by atoms with van der Waals surface area (Å²) in [6.07, 6.45) is 0.111. The molecule has 0 atom stereocenters. The average molecular weight is 349 g/mol. The lowest BCUT2D eigenvalue weighted by atomic mass is 10.2. The molecule has 0 spiro atoms. The smallest absolute Gasteiger partial charge is 0.264 e.